The molecule has 0 bridgehead atoms. The zero-order chi connectivity index (χ0) is 14.5. The molecule has 6 heteroatoms. The van der Waals surface area contributed by atoms with Crippen LogP contribution in [0, 0.1) is 6.92 Å². The third-order valence-corrected chi connectivity index (χ3v) is 3.18. The Morgan fingerprint density at radius 2 is 1.90 bits per heavy atom. The predicted octanol–water partition coefficient (Wildman–Crippen LogP) is 2.53. The lowest BCUT2D eigenvalue weighted by molar-refractivity contribution is 0.0236. The topological polar surface area (TPSA) is 66.4 Å². The van der Waals surface area contributed by atoms with Crippen LogP contribution in [0.3, 0.4) is 0 Å². The van der Waals surface area contributed by atoms with E-state index in [2.05, 4.69) is 15.0 Å². The Morgan fingerprint density at radius 1 is 1.10 bits per heavy atom. The molecule has 110 valence electrons. The van der Waals surface area contributed by atoms with Gasteiger partial charge in [-0.3, -0.25) is 4.98 Å². The van der Waals surface area contributed by atoms with Crippen LogP contribution in [0.2, 0.25) is 0 Å². The smallest absolute Gasteiger partial charge is 0.226 e. The standard InChI is InChI=1S/C15H17N3O3/c1-11-2-3-13(9-16-11)21-15-8-14(17-10-18-15)20-12-4-6-19-7-5-12/h2-3,8-10,12H,4-7H2,1H3. The number of aryl methyl sites for hydroxylation is 1. The zero-order valence-electron chi connectivity index (χ0n) is 11.9. The van der Waals surface area contributed by atoms with Crippen LogP contribution in [0.15, 0.2) is 30.7 Å². The minimum atomic E-state index is 0.141. The van der Waals surface area contributed by atoms with Crippen molar-refractivity contribution in [2.45, 2.75) is 25.9 Å². The fourth-order valence-electron chi connectivity index (χ4n) is 2.04. The number of pyridine rings is 1. The van der Waals surface area contributed by atoms with Gasteiger partial charge in [0.05, 0.1) is 25.5 Å². The lowest BCUT2D eigenvalue weighted by Crippen LogP contribution is -2.26. The molecule has 6 nitrogen and oxygen atoms in total. The maximum Gasteiger partial charge on any atom is 0.226 e. The van der Waals surface area contributed by atoms with Gasteiger partial charge in [-0.15, -0.1) is 0 Å². The molecule has 0 radical (unpaired) electrons. The summed E-state index contributed by atoms with van der Waals surface area (Å²) in [5, 5.41) is 0. The Morgan fingerprint density at radius 3 is 2.67 bits per heavy atom. The molecule has 2 aromatic rings. The highest BCUT2D eigenvalue weighted by Gasteiger charge is 2.16. The second kappa shape index (κ2) is 6.49. The molecule has 0 aliphatic carbocycles. The molecule has 3 heterocycles. The first kappa shape index (κ1) is 13.8. The Kier molecular flexibility index (Phi) is 4.25. The molecule has 0 N–H and O–H groups in total. The van der Waals surface area contributed by atoms with Gasteiger partial charge in [-0.05, 0) is 19.1 Å². The molecule has 0 amide bonds. The van der Waals surface area contributed by atoms with Crippen molar-refractivity contribution in [3.8, 4) is 17.5 Å². The van der Waals surface area contributed by atoms with E-state index in [1.54, 1.807) is 12.3 Å². The molecule has 0 aromatic carbocycles. The van der Waals surface area contributed by atoms with E-state index in [1.807, 2.05) is 19.1 Å². The second-order valence-electron chi connectivity index (χ2n) is 4.86. The Hall–Kier alpha value is -2.21. The highest BCUT2D eigenvalue weighted by Crippen LogP contribution is 2.22. The van der Waals surface area contributed by atoms with Gasteiger partial charge in [0.25, 0.3) is 0 Å². The minimum absolute atomic E-state index is 0.141. The SMILES string of the molecule is Cc1ccc(Oc2cc(OC3CCOCC3)ncn2)cn1. The number of rotatable bonds is 4. The maximum atomic E-state index is 5.83. The summed E-state index contributed by atoms with van der Waals surface area (Å²) >= 11 is 0. The van der Waals surface area contributed by atoms with E-state index in [0.717, 1.165) is 31.7 Å². The number of hydrogen-bond acceptors (Lipinski definition) is 6. The minimum Gasteiger partial charge on any atom is -0.474 e. The molecule has 1 saturated heterocycles. The van der Waals surface area contributed by atoms with Crippen LogP contribution in [0.4, 0.5) is 0 Å². The summed E-state index contributed by atoms with van der Waals surface area (Å²) in [6.45, 7) is 3.39. The van der Waals surface area contributed by atoms with Crippen molar-refractivity contribution in [2.24, 2.45) is 0 Å². The van der Waals surface area contributed by atoms with E-state index in [0.29, 0.717) is 17.5 Å². The molecule has 1 aliphatic rings. The Balaban J connectivity index is 1.66. The van der Waals surface area contributed by atoms with Crippen molar-refractivity contribution < 1.29 is 14.2 Å². The number of hydrogen-bond donors (Lipinski definition) is 0. The van der Waals surface area contributed by atoms with E-state index in [1.165, 1.54) is 6.33 Å². The molecular formula is C15H17N3O3. The fourth-order valence-corrected chi connectivity index (χ4v) is 2.04. The first-order valence-corrected chi connectivity index (χ1v) is 6.96. The predicted molar refractivity (Wildman–Crippen MR) is 75.5 cm³/mol. The van der Waals surface area contributed by atoms with E-state index in [4.69, 9.17) is 14.2 Å². The van der Waals surface area contributed by atoms with Crippen LogP contribution in [-0.4, -0.2) is 34.3 Å². The monoisotopic (exact) mass is 287 g/mol. The van der Waals surface area contributed by atoms with E-state index < -0.39 is 0 Å². The molecule has 0 spiro atoms. The fraction of sp³-hybridized carbons (Fsp3) is 0.400. The summed E-state index contributed by atoms with van der Waals surface area (Å²) in [6, 6.07) is 5.43. The zero-order valence-corrected chi connectivity index (χ0v) is 11.9. The molecular weight excluding hydrogens is 270 g/mol. The molecule has 21 heavy (non-hydrogen) atoms. The third kappa shape index (κ3) is 3.88. The van der Waals surface area contributed by atoms with Crippen molar-refractivity contribution in [2.75, 3.05) is 13.2 Å². The number of nitrogens with zero attached hydrogens (tertiary/aromatic N) is 3. The van der Waals surface area contributed by atoms with Gasteiger partial charge in [-0.25, -0.2) is 9.97 Å². The number of ether oxygens (including phenoxy) is 3. The average Bonchev–Trinajstić information content (AvgIpc) is 2.51. The van der Waals surface area contributed by atoms with E-state index >= 15 is 0 Å². The molecule has 3 rings (SSSR count). The van der Waals surface area contributed by atoms with Crippen LogP contribution in [0.25, 0.3) is 0 Å². The van der Waals surface area contributed by atoms with E-state index in [9.17, 15) is 0 Å². The first-order valence-electron chi connectivity index (χ1n) is 6.96. The summed E-state index contributed by atoms with van der Waals surface area (Å²) in [6.07, 6.45) is 4.99. The largest absolute Gasteiger partial charge is 0.474 e. The van der Waals surface area contributed by atoms with Crippen LogP contribution >= 0.6 is 0 Å². The molecule has 0 atom stereocenters. The van der Waals surface area contributed by atoms with Gasteiger partial charge >= 0.3 is 0 Å². The maximum absolute atomic E-state index is 5.83. The molecule has 1 fully saturated rings. The van der Waals surface area contributed by atoms with Crippen LogP contribution < -0.4 is 9.47 Å². The summed E-state index contributed by atoms with van der Waals surface area (Å²) in [4.78, 5) is 12.4. The lowest BCUT2D eigenvalue weighted by atomic mass is 10.2. The second-order valence-corrected chi connectivity index (χ2v) is 4.86. The molecule has 1 aliphatic heterocycles. The summed E-state index contributed by atoms with van der Waals surface area (Å²) in [5.41, 5.74) is 0.938. The van der Waals surface area contributed by atoms with Crippen molar-refractivity contribution >= 4 is 0 Å². The Labute approximate surface area is 123 Å². The van der Waals surface area contributed by atoms with Gasteiger partial charge in [-0.1, -0.05) is 0 Å². The Bertz CT molecular complexity index is 583. The van der Waals surface area contributed by atoms with Crippen LogP contribution in [0.1, 0.15) is 18.5 Å². The molecule has 0 saturated carbocycles. The lowest BCUT2D eigenvalue weighted by Gasteiger charge is -2.22. The first-order chi connectivity index (χ1) is 10.3. The normalized spacial score (nSPS) is 15.7. The molecule has 0 unspecified atom stereocenters. The summed E-state index contributed by atoms with van der Waals surface area (Å²) < 4.78 is 16.8. The van der Waals surface area contributed by atoms with Crippen LogP contribution in [-0.2, 0) is 4.74 Å². The van der Waals surface area contributed by atoms with Crippen molar-refractivity contribution in [1.82, 2.24) is 15.0 Å². The van der Waals surface area contributed by atoms with Crippen molar-refractivity contribution in [3.63, 3.8) is 0 Å². The van der Waals surface area contributed by atoms with E-state index in [-0.39, 0.29) is 6.10 Å². The van der Waals surface area contributed by atoms with Gasteiger partial charge in [-0.2, -0.15) is 0 Å². The highest BCUT2D eigenvalue weighted by molar-refractivity contribution is 5.27. The van der Waals surface area contributed by atoms with Crippen LogP contribution in [0.5, 0.6) is 17.5 Å². The van der Waals surface area contributed by atoms with Gasteiger partial charge in [0.15, 0.2) is 0 Å². The average molecular weight is 287 g/mol. The van der Waals surface area contributed by atoms with Gasteiger partial charge in [0.1, 0.15) is 18.2 Å². The van der Waals surface area contributed by atoms with Gasteiger partial charge < -0.3 is 14.2 Å². The van der Waals surface area contributed by atoms with Gasteiger partial charge in [0, 0.05) is 18.5 Å². The quantitative estimate of drug-likeness (QED) is 0.861. The highest BCUT2D eigenvalue weighted by atomic mass is 16.5. The summed E-state index contributed by atoms with van der Waals surface area (Å²) in [7, 11) is 0. The third-order valence-electron chi connectivity index (χ3n) is 3.18. The van der Waals surface area contributed by atoms with Crippen molar-refractivity contribution in [3.05, 3.63) is 36.4 Å². The summed E-state index contributed by atoms with van der Waals surface area (Å²) in [5.74, 6) is 1.60. The molecule has 2 aromatic heterocycles. The van der Waals surface area contributed by atoms with Gasteiger partial charge in [0.2, 0.25) is 11.8 Å². The number of aromatic nitrogens is 3. The van der Waals surface area contributed by atoms with Crippen molar-refractivity contribution in [1.29, 1.82) is 0 Å².